The number of carbonyl (C=O) groups is 2. The van der Waals surface area contributed by atoms with Crippen molar-refractivity contribution in [2.45, 2.75) is 51.1 Å². The number of alkyl halides is 3. The minimum atomic E-state index is -4.44. The van der Waals surface area contributed by atoms with Crippen molar-refractivity contribution in [2.24, 2.45) is 11.8 Å². The van der Waals surface area contributed by atoms with E-state index in [0.29, 0.717) is 24.3 Å². The number of hydrogen-bond donors (Lipinski definition) is 0. The standard InChI is InChI=1S/C24H25F3O2/c1-16(28)22(15-17-6-5-9-21(14-17)24(25,26)27)23(29)20-12-10-19(11-13-20)18-7-3-2-4-8-18/h2-9,14,19-20,22H,10-13,15H2,1H3/t19-,20-,22?. The summed E-state index contributed by atoms with van der Waals surface area (Å²) in [5.41, 5.74) is 0.880. The first-order valence-electron chi connectivity index (χ1n) is 10.0. The van der Waals surface area contributed by atoms with Crippen molar-refractivity contribution in [1.82, 2.24) is 0 Å². The van der Waals surface area contributed by atoms with Crippen molar-refractivity contribution in [1.29, 1.82) is 0 Å². The van der Waals surface area contributed by atoms with E-state index in [9.17, 15) is 22.8 Å². The Bertz CT molecular complexity index is 850. The molecular weight excluding hydrogens is 377 g/mol. The summed E-state index contributed by atoms with van der Waals surface area (Å²) in [7, 11) is 0. The quantitative estimate of drug-likeness (QED) is 0.556. The third-order valence-electron chi connectivity index (χ3n) is 5.93. The van der Waals surface area contributed by atoms with Crippen LogP contribution in [0.5, 0.6) is 0 Å². The fraction of sp³-hybridized carbons (Fsp3) is 0.417. The molecule has 0 N–H and O–H groups in total. The SMILES string of the molecule is CC(=O)C(Cc1cccc(C(F)(F)F)c1)C(=O)[C@H]1CC[C@H](c2ccccc2)CC1. The fourth-order valence-electron chi connectivity index (χ4n) is 4.28. The largest absolute Gasteiger partial charge is 0.416 e. The molecule has 0 saturated heterocycles. The Morgan fingerprint density at radius 3 is 2.21 bits per heavy atom. The highest BCUT2D eigenvalue weighted by Crippen LogP contribution is 2.37. The van der Waals surface area contributed by atoms with Crippen LogP contribution in [0.25, 0.3) is 0 Å². The van der Waals surface area contributed by atoms with Gasteiger partial charge < -0.3 is 0 Å². The van der Waals surface area contributed by atoms with Crippen LogP contribution in [0.1, 0.15) is 55.2 Å². The molecule has 1 aliphatic rings. The molecule has 2 aromatic rings. The summed E-state index contributed by atoms with van der Waals surface area (Å²) < 4.78 is 38.9. The highest BCUT2D eigenvalue weighted by Gasteiger charge is 2.34. The third kappa shape index (κ3) is 5.34. The molecule has 0 bridgehead atoms. The molecule has 1 saturated carbocycles. The van der Waals surface area contributed by atoms with Crippen molar-refractivity contribution in [3.63, 3.8) is 0 Å². The summed E-state index contributed by atoms with van der Waals surface area (Å²) in [6.07, 6.45) is -1.23. The fourth-order valence-corrected chi connectivity index (χ4v) is 4.28. The van der Waals surface area contributed by atoms with Gasteiger partial charge >= 0.3 is 6.18 Å². The van der Waals surface area contributed by atoms with Gasteiger partial charge in [0.25, 0.3) is 0 Å². The van der Waals surface area contributed by atoms with Crippen LogP contribution < -0.4 is 0 Å². The molecule has 154 valence electrons. The van der Waals surface area contributed by atoms with Crippen LogP contribution in [-0.2, 0) is 22.2 Å². The van der Waals surface area contributed by atoms with Crippen LogP contribution in [0.4, 0.5) is 13.2 Å². The average molecular weight is 402 g/mol. The number of halogens is 3. The van der Waals surface area contributed by atoms with Crippen molar-refractivity contribution in [3.8, 4) is 0 Å². The summed E-state index contributed by atoms with van der Waals surface area (Å²) in [6.45, 7) is 1.35. The molecule has 1 aliphatic carbocycles. The topological polar surface area (TPSA) is 34.1 Å². The van der Waals surface area contributed by atoms with Crippen molar-refractivity contribution in [3.05, 3.63) is 71.3 Å². The normalized spacial score (nSPS) is 20.8. The van der Waals surface area contributed by atoms with Gasteiger partial charge in [-0.05, 0) is 62.1 Å². The molecule has 0 radical (unpaired) electrons. The van der Waals surface area contributed by atoms with Crippen LogP contribution in [0, 0.1) is 11.8 Å². The number of rotatable bonds is 6. The van der Waals surface area contributed by atoms with E-state index in [1.54, 1.807) is 6.07 Å². The molecule has 0 heterocycles. The van der Waals surface area contributed by atoms with Crippen molar-refractivity contribution < 1.29 is 22.8 Å². The predicted octanol–water partition coefficient (Wildman–Crippen LogP) is 6.00. The predicted molar refractivity (Wildman–Crippen MR) is 105 cm³/mol. The molecule has 0 aromatic heterocycles. The van der Waals surface area contributed by atoms with E-state index in [0.717, 1.165) is 25.0 Å². The molecule has 1 atom stereocenters. The van der Waals surface area contributed by atoms with E-state index in [2.05, 4.69) is 12.1 Å². The Labute approximate surface area is 169 Å². The van der Waals surface area contributed by atoms with Crippen molar-refractivity contribution >= 4 is 11.6 Å². The second-order valence-corrected chi connectivity index (χ2v) is 7.93. The molecule has 0 spiro atoms. The highest BCUT2D eigenvalue weighted by molar-refractivity contribution is 6.02. The zero-order valence-corrected chi connectivity index (χ0v) is 16.4. The van der Waals surface area contributed by atoms with E-state index in [1.165, 1.54) is 18.6 Å². The van der Waals surface area contributed by atoms with Gasteiger partial charge in [0, 0.05) is 5.92 Å². The minimum Gasteiger partial charge on any atom is -0.299 e. The Morgan fingerprint density at radius 1 is 0.966 bits per heavy atom. The van der Waals surface area contributed by atoms with Gasteiger partial charge in [-0.1, -0.05) is 48.5 Å². The summed E-state index contributed by atoms with van der Waals surface area (Å²) >= 11 is 0. The van der Waals surface area contributed by atoms with Crippen LogP contribution >= 0.6 is 0 Å². The molecule has 1 fully saturated rings. The maximum absolute atomic E-state index is 13.0. The Morgan fingerprint density at radius 2 is 1.62 bits per heavy atom. The van der Waals surface area contributed by atoms with E-state index >= 15 is 0 Å². The summed E-state index contributed by atoms with van der Waals surface area (Å²) in [6, 6.07) is 15.1. The Balaban J connectivity index is 1.67. The molecule has 29 heavy (non-hydrogen) atoms. The lowest BCUT2D eigenvalue weighted by Crippen LogP contribution is -2.32. The summed E-state index contributed by atoms with van der Waals surface area (Å²) in [5.74, 6) is -1.06. The third-order valence-corrected chi connectivity index (χ3v) is 5.93. The van der Waals surface area contributed by atoms with E-state index in [1.807, 2.05) is 18.2 Å². The lowest BCUT2D eigenvalue weighted by atomic mass is 9.73. The number of hydrogen-bond acceptors (Lipinski definition) is 2. The molecular formula is C24H25F3O2. The van der Waals surface area contributed by atoms with Gasteiger partial charge in [0.1, 0.15) is 11.6 Å². The first-order valence-corrected chi connectivity index (χ1v) is 10.0. The van der Waals surface area contributed by atoms with Crippen LogP contribution in [0.3, 0.4) is 0 Å². The number of Topliss-reactive ketones (excluding diaryl/α,β-unsaturated/α-hetero) is 2. The number of carbonyl (C=O) groups excluding carboxylic acids is 2. The minimum absolute atomic E-state index is 0.0245. The lowest BCUT2D eigenvalue weighted by molar-refractivity contribution is -0.137. The van der Waals surface area contributed by atoms with Crippen LogP contribution in [0.2, 0.25) is 0 Å². The second-order valence-electron chi connectivity index (χ2n) is 7.93. The van der Waals surface area contributed by atoms with Gasteiger partial charge in [-0.15, -0.1) is 0 Å². The molecule has 2 aromatic carbocycles. The van der Waals surface area contributed by atoms with Gasteiger partial charge in [0.15, 0.2) is 0 Å². The molecule has 0 amide bonds. The van der Waals surface area contributed by atoms with Crippen LogP contribution in [0.15, 0.2) is 54.6 Å². The first-order chi connectivity index (χ1) is 13.8. The zero-order valence-electron chi connectivity index (χ0n) is 16.4. The van der Waals surface area contributed by atoms with E-state index < -0.39 is 17.7 Å². The monoisotopic (exact) mass is 402 g/mol. The average Bonchev–Trinajstić information content (AvgIpc) is 2.72. The second kappa shape index (κ2) is 8.93. The highest BCUT2D eigenvalue weighted by atomic mass is 19.4. The van der Waals surface area contributed by atoms with E-state index in [4.69, 9.17) is 0 Å². The van der Waals surface area contributed by atoms with Gasteiger partial charge in [-0.3, -0.25) is 9.59 Å². The van der Waals surface area contributed by atoms with E-state index in [-0.39, 0.29) is 23.9 Å². The molecule has 1 unspecified atom stereocenters. The Kier molecular flexibility index (Phi) is 6.56. The maximum atomic E-state index is 13.0. The number of benzene rings is 2. The molecule has 3 rings (SSSR count). The maximum Gasteiger partial charge on any atom is 0.416 e. The van der Waals surface area contributed by atoms with Gasteiger partial charge in [-0.25, -0.2) is 0 Å². The van der Waals surface area contributed by atoms with Crippen LogP contribution in [-0.4, -0.2) is 11.6 Å². The molecule has 5 heteroatoms. The summed E-state index contributed by atoms with van der Waals surface area (Å²) in [4.78, 5) is 25.2. The summed E-state index contributed by atoms with van der Waals surface area (Å²) in [5, 5.41) is 0. The zero-order chi connectivity index (χ0) is 21.0. The van der Waals surface area contributed by atoms with Gasteiger partial charge in [0.2, 0.25) is 0 Å². The number of ketones is 2. The van der Waals surface area contributed by atoms with Gasteiger partial charge in [0.05, 0.1) is 11.5 Å². The lowest BCUT2D eigenvalue weighted by Gasteiger charge is -2.30. The Hall–Kier alpha value is -2.43. The molecule has 2 nitrogen and oxygen atoms in total. The smallest absolute Gasteiger partial charge is 0.299 e. The molecule has 0 aliphatic heterocycles. The van der Waals surface area contributed by atoms with Crippen molar-refractivity contribution in [2.75, 3.05) is 0 Å². The first kappa shape index (κ1) is 21.3. The van der Waals surface area contributed by atoms with Gasteiger partial charge in [-0.2, -0.15) is 13.2 Å².